The van der Waals surface area contributed by atoms with Gasteiger partial charge in [0.1, 0.15) is 24.1 Å². The lowest BCUT2D eigenvalue weighted by Gasteiger charge is -2.24. The van der Waals surface area contributed by atoms with Crippen LogP contribution in [0.15, 0.2) is 22.8 Å². The van der Waals surface area contributed by atoms with Crippen LogP contribution < -0.4 is 0 Å². The van der Waals surface area contributed by atoms with Crippen molar-refractivity contribution in [1.29, 1.82) is 0 Å². The molecule has 1 aliphatic rings. The van der Waals surface area contributed by atoms with Gasteiger partial charge in [0.25, 0.3) is 0 Å². The summed E-state index contributed by atoms with van der Waals surface area (Å²) in [7, 11) is 0. The van der Waals surface area contributed by atoms with Crippen LogP contribution in [0.5, 0.6) is 0 Å². The van der Waals surface area contributed by atoms with Crippen molar-refractivity contribution in [2.24, 2.45) is 0 Å². The Hall–Kier alpha value is -0.880. The lowest BCUT2D eigenvalue weighted by atomic mass is 9.98. The van der Waals surface area contributed by atoms with Gasteiger partial charge in [-0.05, 0) is 32.4 Å². The van der Waals surface area contributed by atoms with E-state index < -0.39 is 30.2 Å². The van der Waals surface area contributed by atoms with Crippen LogP contribution >= 0.6 is 0 Å². The first kappa shape index (κ1) is 15.5. The van der Waals surface area contributed by atoms with E-state index in [9.17, 15) is 10.2 Å². The Labute approximate surface area is 119 Å². The number of aliphatic hydroxyl groups is 2. The van der Waals surface area contributed by atoms with E-state index in [1.165, 1.54) is 6.26 Å². The highest BCUT2D eigenvalue weighted by molar-refractivity contribution is 5.07. The number of aliphatic hydroxyl groups excluding tert-OH is 2. The van der Waals surface area contributed by atoms with Gasteiger partial charge in [-0.25, -0.2) is 0 Å². The van der Waals surface area contributed by atoms with E-state index >= 15 is 0 Å². The highest BCUT2D eigenvalue weighted by Crippen LogP contribution is 2.37. The number of hydrogen-bond acceptors (Lipinski definition) is 5. The second-order valence-electron chi connectivity index (χ2n) is 5.73. The van der Waals surface area contributed by atoms with Crippen LogP contribution in [0.3, 0.4) is 0 Å². The molecular weight excluding hydrogens is 260 g/mol. The van der Waals surface area contributed by atoms with E-state index in [2.05, 4.69) is 6.92 Å². The van der Waals surface area contributed by atoms with Crippen molar-refractivity contribution in [3.05, 3.63) is 24.2 Å². The lowest BCUT2D eigenvalue weighted by molar-refractivity contribution is -0.161. The Morgan fingerprint density at radius 1 is 1.25 bits per heavy atom. The Bertz CT molecular complexity index is 400. The van der Waals surface area contributed by atoms with Crippen molar-refractivity contribution < 1.29 is 24.1 Å². The van der Waals surface area contributed by atoms with Gasteiger partial charge in [0.2, 0.25) is 0 Å². The molecule has 0 amide bonds. The molecule has 0 saturated carbocycles. The molecule has 0 bridgehead atoms. The van der Waals surface area contributed by atoms with Gasteiger partial charge >= 0.3 is 0 Å². The van der Waals surface area contributed by atoms with Gasteiger partial charge in [0, 0.05) is 0 Å². The van der Waals surface area contributed by atoms with Crippen molar-refractivity contribution in [3.8, 4) is 0 Å². The third kappa shape index (κ3) is 3.41. The average Bonchev–Trinajstić information content (AvgIpc) is 3.02. The van der Waals surface area contributed by atoms with Gasteiger partial charge in [0.15, 0.2) is 5.79 Å². The standard InChI is InChI=1S/C15H24O5/c1-4-5-7-10(16)13-14(20-15(2,3)19-13)12(17)11-8-6-9-18-11/h6,8-10,12-14,16-17H,4-5,7H2,1-3H3/t10-,12+,13+,14+/m0/s1. The van der Waals surface area contributed by atoms with Crippen molar-refractivity contribution in [3.63, 3.8) is 0 Å². The number of furan rings is 1. The van der Waals surface area contributed by atoms with Gasteiger partial charge in [-0.2, -0.15) is 0 Å². The lowest BCUT2D eigenvalue weighted by Crippen LogP contribution is -2.38. The van der Waals surface area contributed by atoms with Crippen LogP contribution in [0.4, 0.5) is 0 Å². The van der Waals surface area contributed by atoms with Crippen molar-refractivity contribution >= 4 is 0 Å². The average molecular weight is 284 g/mol. The van der Waals surface area contributed by atoms with Crippen molar-refractivity contribution in [2.75, 3.05) is 0 Å². The largest absolute Gasteiger partial charge is 0.466 e. The van der Waals surface area contributed by atoms with E-state index in [-0.39, 0.29) is 0 Å². The Balaban J connectivity index is 2.11. The van der Waals surface area contributed by atoms with Crippen LogP contribution in [0.25, 0.3) is 0 Å². The molecule has 2 N–H and O–H groups in total. The third-order valence-corrected chi connectivity index (χ3v) is 3.54. The summed E-state index contributed by atoms with van der Waals surface area (Å²) in [5.41, 5.74) is 0. The van der Waals surface area contributed by atoms with Gasteiger partial charge < -0.3 is 24.1 Å². The minimum atomic E-state index is -0.951. The fraction of sp³-hybridized carbons (Fsp3) is 0.733. The van der Waals surface area contributed by atoms with Gasteiger partial charge in [-0.1, -0.05) is 19.8 Å². The van der Waals surface area contributed by atoms with Crippen LogP contribution in [0.2, 0.25) is 0 Å². The SMILES string of the molecule is CCCC[C@H](O)[C@H]1OC(C)(C)O[C@@H]1[C@H](O)c1ccco1. The molecule has 1 aromatic rings. The van der Waals surface area contributed by atoms with E-state index in [1.807, 2.05) is 0 Å². The van der Waals surface area contributed by atoms with Crippen molar-refractivity contribution in [2.45, 2.75) is 70.2 Å². The van der Waals surface area contributed by atoms with Crippen molar-refractivity contribution in [1.82, 2.24) is 0 Å². The molecule has 1 aromatic heterocycles. The fourth-order valence-electron chi connectivity index (χ4n) is 2.56. The maximum atomic E-state index is 10.4. The summed E-state index contributed by atoms with van der Waals surface area (Å²) in [4.78, 5) is 0. The first-order chi connectivity index (χ1) is 9.44. The topological polar surface area (TPSA) is 72.1 Å². The molecule has 1 aliphatic heterocycles. The summed E-state index contributed by atoms with van der Waals surface area (Å²) >= 11 is 0. The van der Waals surface area contributed by atoms with Crippen LogP contribution in [0, 0.1) is 0 Å². The van der Waals surface area contributed by atoms with E-state index in [0.717, 1.165) is 12.8 Å². The molecule has 5 heteroatoms. The molecule has 2 rings (SSSR count). The van der Waals surface area contributed by atoms with E-state index in [1.54, 1.807) is 26.0 Å². The monoisotopic (exact) mass is 284 g/mol. The Morgan fingerprint density at radius 3 is 2.55 bits per heavy atom. The fourth-order valence-corrected chi connectivity index (χ4v) is 2.56. The highest BCUT2D eigenvalue weighted by Gasteiger charge is 2.48. The number of hydrogen-bond donors (Lipinski definition) is 2. The molecule has 114 valence electrons. The molecule has 1 saturated heterocycles. The summed E-state index contributed by atoms with van der Waals surface area (Å²) in [5.74, 6) is -0.403. The summed E-state index contributed by atoms with van der Waals surface area (Å²) in [6.07, 6.45) is 1.23. The zero-order valence-corrected chi connectivity index (χ0v) is 12.3. The third-order valence-electron chi connectivity index (χ3n) is 3.54. The van der Waals surface area contributed by atoms with Crippen LogP contribution in [0.1, 0.15) is 51.9 Å². The van der Waals surface area contributed by atoms with E-state index in [0.29, 0.717) is 12.2 Å². The summed E-state index contributed by atoms with van der Waals surface area (Å²) in [5, 5.41) is 20.7. The maximum Gasteiger partial charge on any atom is 0.164 e. The first-order valence-electron chi connectivity index (χ1n) is 7.20. The first-order valence-corrected chi connectivity index (χ1v) is 7.20. The molecule has 20 heavy (non-hydrogen) atoms. The predicted molar refractivity (Wildman–Crippen MR) is 73.0 cm³/mol. The molecular formula is C15H24O5. The van der Waals surface area contributed by atoms with Gasteiger partial charge in [0.05, 0.1) is 12.4 Å². The molecule has 0 aromatic carbocycles. The van der Waals surface area contributed by atoms with Crippen LogP contribution in [-0.2, 0) is 9.47 Å². The smallest absolute Gasteiger partial charge is 0.164 e. The molecule has 2 heterocycles. The molecule has 0 aliphatic carbocycles. The number of ether oxygens (including phenoxy) is 2. The summed E-state index contributed by atoms with van der Waals surface area (Å²) < 4.78 is 16.7. The Morgan fingerprint density at radius 2 is 1.95 bits per heavy atom. The van der Waals surface area contributed by atoms with Gasteiger partial charge in [-0.15, -0.1) is 0 Å². The molecule has 0 radical (unpaired) electrons. The number of unbranched alkanes of at least 4 members (excludes halogenated alkanes) is 1. The Kier molecular flexibility index (Phi) is 4.86. The van der Waals surface area contributed by atoms with E-state index in [4.69, 9.17) is 13.9 Å². The minimum absolute atomic E-state index is 0.420. The van der Waals surface area contributed by atoms with Gasteiger partial charge in [-0.3, -0.25) is 0 Å². The number of rotatable bonds is 6. The normalized spacial score (nSPS) is 28.4. The molecule has 0 spiro atoms. The maximum absolute atomic E-state index is 10.4. The van der Waals surface area contributed by atoms with Crippen LogP contribution in [-0.4, -0.2) is 34.3 Å². The molecule has 0 unspecified atom stereocenters. The predicted octanol–water partition coefficient (Wildman–Crippen LogP) is 2.38. The second kappa shape index (κ2) is 6.26. The summed E-state index contributed by atoms with van der Waals surface area (Å²) in [6, 6.07) is 3.40. The second-order valence-corrected chi connectivity index (χ2v) is 5.73. The summed E-state index contributed by atoms with van der Waals surface area (Å²) in [6.45, 7) is 5.63. The molecule has 1 fully saturated rings. The minimum Gasteiger partial charge on any atom is -0.466 e. The zero-order valence-electron chi connectivity index (χ0n) is 12.3. The molecule has 5 nitrogen and oxygen atoms in total. The quantitative estimate of drug-likeness (QED) is 0.839. The molecule has 4 atom stereocenters. The zero-order chi connectivity index (χ0) is 14.8. The highest BCUT2D eigenvalue weighted by atomic mass is 16.8.